The Bertz CT molecular complexity index is 623. The zero-order chi connectivity index (χ0) is 14.0. The highest BCUT2D eigenvalue weighted by Crippen LogP contribution is 2.29. The van der Waals surface area contributed by atoms with Crippen LogP contribution in [0.3, 0.4) is 0 Å². The lowest BCUT2D eigenvalue weighted by molar-refractivity contribution is 0.595. The van der Waals surface area contributed by atoms with Crippen LogP contribution in [0.5, 0.6) is 0 Å². The van der Waals surface area contributed by atoms with E-state index in [0.717, 1.165) is 11.8 Å². The Hall–Kier alpha value is -0.600. The molecule has 8 heteroatoms. The van der Waals surface area contributed by atoms with Gasteiger partial charge in [-0.05, 0) is 18.6 Å². The molecule has 1 atom stereocenters. The molecule has 1 aromatic carbocycles. The molecule has 0 amide bonds. The first kappa shape index (κ1) is 15.5. The molecule has 0 aliphatic heterocycles. The summed E-state index contributed by atoms with van der Waals surface area (Å²) in [5.41, 5.74) is 1.13. The van der Waals surface area contributed by atoms with E-state index >= 15 is 0 Å². The van der Waals surface area contributed by atoms with Crippen molar-refractivity contribution in [2.24, 2.45) is 0 Å². The zero-order valence-electron chi connectivity index (χ0n) is 9.92. The maximum absolute atomic E-state index is 11.7. The lowest BCUT2D eigenvalue weighted by Crippen LogP contribution is -2.22. The Morgan fingerprint density at radius 2 is 1.78 bits per heavy atom. The molecule has 0 heterocycles. The van der Waals surface area contributed by atoms with E-state index in [9.17, 15) is 16.8 Å². The van der Waals surface area contributed by atoms with Gasteiger partial charge in [-0.25, -0.2) is 16.8 Å². The fourth-order valence-corrected chi connectivity index (χ4v) is 4.83. The Balaban J connectivity index is 3.05. The molecule has 0 spiro atoms. The van der Waals surface area contributed by atoms with Gasteiger partial charge in [0, 0.05) is 11.1 Å². The summed E-state index contributed by atoms with van der Waals surface area (Å²) in [5, 5.41) is -0.926. The predicted molar refractivity (Wildman–Crippen MR) is 76.0 cm³/mol. The number of hydrogen-bond donors (Lipinski definition) is 1. The van der Waals surface area contributed by atoms with Crippen molar-refractivity contribution < 1.29 is 16.8 Å². The summed E-state index contributed by atoms with van der Waals surface area (Å²) in [5.74, 6) is 0. The number of sulfonamides is 1. The van der Waals surface area contributed by atoms with Gasteiger partial charge in [0.25, 0.3) is 0 Å². The van der Waals surface area contributed by atoms with Crippen LogP contribution in [0.4, 0.5) is 5.69 Å². The number of sulfone groups is 1. The molecule has 1 rings (SSSR count). The second-order valence-corrected chi connectivity index (χ2v) is 9.57. The van der Waals surface area contributed by atoms with Crippen molar-refractivity contribution in [3.63, 3.8) is 0 Å². The summed E-state index contributed by atoms with van der Waals surface area (Å²) < 4.78 is 47.7. The van der Waals surface area contributed by atoms with Crippen molar-refractivity contribution in [3.8, 4) is 0 Å². The summed E-state index contributed by atoms with van der Waals surface area (Å²) in [6.07, 6.45) is 0.880. The molecule has 0 radical (unpaired) electrons. The average Bonchev–Trinajstić information content (AvgIpc) is 2.13. The van der Waals surface area contributed by atoms with E-state index in [1.54, 1.807) is 24.3 Å². The van der Waals surface area contributed by atoms with Gasteiger partial charge in [-0.15, -0.1) is 0 Å². The van der Waals surface area contributed by atoms with Crippen LogP contribution in [0, 0.1) is 0 Å². The van der Waals surface area contributed by atoms with Crippen LogP contribution in [0.1, 0.15) is 17.3 Å². The highest BCUT2D eigenvalue weighted by molar-refractivity contribution is 9.09. The van der Waals surface area contributed by atoms with Crippen molar-refractivity contribution in [2.75, 3.05) is 16.1 Å². The zero-order valence-corrected chi connectivity index (χ0v) is 13.1. The first-order valence-corrected chi connectivity index (χ1v) is 9.65. The fourth-order valence-electron chi connectivity index (χ4n) is 1.42. The molecular weight excluding hydrogens is 342 g/mol. The number of para-hydroxylation sites is 1. The van der Waals surface area contributed by atoms with Gasteiger partial charge in [0.2, 0.25) is 10.0 Å². The lowest BCUT2D eigenvalue weighted by atomic mass is 10.1. The third-order valence-electron chi connectivity index (χ3n) is 2.02. The molecule has 1 aromatic rings. The topological polar surface area (TPSA) is 80.3 Å². The van der Waals surface area contributed by atoms with Crippen LogP contribution < -0.4 is 4.72 Å². The van der Waals surface area contributed by atoms with Crippen molar-refractivity contribution >= 4 is 41.5 Å². The maximum atomic E-state index is 11.7. The highest BCUT2D eigenvalue weighted by Gasteiger charge is 2.19. The van der Waals surface area contributed by atoms with Crippen LogP contribution in [0.2, 0.25) is 0 Å². The molecule has 1 N–H and O–H groups in total. The molecule has 0 saturated carbocycles. The molecular formula is C10H14BrNO4S2. The monoisotopic (exact) mass is 355 g/mol. The van der Waals surface area contributed by atoms with E-state index in [1.165, 1.54) is 0 Å². The molecule has 0 bridgehead atoms. The number of anilines is 1. The Labute approximate surface area is 116 Å². The van der Waals surface area contributed by atoms with Gasteiger partial charge in [0.05, 0.1) is 5.69 Å². The molecule has 18 heavy (non-hydrogen) atoms. The summed E-state index contributed by atoms with van der Waals surface area (Å²) >= 11 is 3.35. The third-order valence-corrected chi connectivity index (χ3v) is 6.00. The van der Waals surface area contributed by atoms with Gasteiger partial charge in [-0.1, -0.05) is 34.1 Å². The van der Waals surface area contributed by atoms with Gasteiger partial charge in [0.1, 0.15) is 0 Å². The van der Waals surface area contributed by atoms with E-state index in [4.69, 9.17) is 0 Å². The largest absolute Gasteiger partial charge is 0.282 e. The second kappa shape index (κ2) is 5.58. The van der Waals surface area contributed by atoms with Crippen LogP contribution >= 0.6 is 15.9 Å². The van der Waals surface area contributed by atoms with Crippen LogP contribution in [0.25, 0.3) is 0 Å². The van der Waals surface area contributed by atoms with E-state index in [-0.39, 0.29) is 4.83 Å². The van der Waals surface area contributed by atoms with Gasteiger partial charge in [0.15, 0.2) is 14.9 Å². The van der Waals surface area contributed by atoms with Crippen molar-refractivity contribution in [3.05, 3.63) is 29.8 Å². The van der Waals surface area contributed by atoms with Crippen LogP contribution in [-0.2, 0) is 19.9 Å². The van der Waals surface area contributed by atoms with E-state index in [1.807, 2.05) is 6.92 Å². The molecule has 0 aliphatic rings. The van der Waals surface area contributed by atoms with Gasteiger partial charge >= 0.3 is 0 Å². The smallest absolute Gasteiger partial charge is 0.247 e. The highest BCUT2D eigenvalue weighted by atomic mass is 79.9. The van der Waals surface area contributed by atoms with Crippen LogP contribution in [0.15, 0.2) is 24.3 Å². The predicted octanol–water partition coefficient (Wildman–Crippen LogP) is 1.89. The fraction of sp³-hybridized carbons (Fsp3) is 0.400. The summed E-state index contributed by atoms with van der Waals surface area (Å²) in [4.78, 5) is -0.0466. The first-order chi connectivity index (χ1) is 8.11. The van der Waals surface area contributed by atoms with Crippen LogP contribution in [-0.4, -0.2) is 28.2 Å². The first-order valence-electron chi connectivity index (χ1n) is 5.02. The standard InChI is InChI=1S/C10H14BrNO4S2/c1-8(11)9-5-3-4-6-10(9)12-18(15,16)7-17(2,13)14/h3-6,8,12H,7H2,1-2H3. The SMILES string of the molecule is CC(Br)c1ccccc1NS(=O)(=O)CS(C)(=O)=O. The number of rotatable bonds is 5. The van der Waals surface area contributed by atoms with E-state index < -0.39 is 24.9 Å². The van der Waals surface area contributed by atoms with E-state index in [2.05, 4.69) is 20.7 Å². The Morgan fingerprint density at radius 3 is 2.28 bits per heavy atom. The Kier molecular flexibility index (Phi) is 4.79. The van der Waals surface area contributed by atoms with Gasteiger partial charge in [-0.3, -0.25) is 4.72 Å². The molecule has 1 unspecified atom stereocenters. The summed E-state index contributed by atoms with van der Waals surface area (Å²) in [7, 11) is -7.50. The van der Waals surface area contributed by atoms with Crippen molar-refractivity contribution in [2.45, 2.75) is 11.8 Å². The maximum Gasteiger partial charge on any atom is 0.247 e. The average molecular weight is 356 g/mol. The minimum atomic E-state index is -3.91. The number of benzene rings is 1. The molecule has 0 aromatic heterocycles. The normalized spacial score (nSPS) is 14.2. The summed E-state index contributed by atoms with van der Waals surface area (Å²) in [6.45, 7) is 1.85. The van der Waals surface area contributed by atoms with Crippen molar-refractivity contribution in [1.82, 2.24) is 0 Å². The molecule has 0 aliphatic carbocycles. The molecule has 5 nitrogen and oxygen atoms in total. The number of alkyl halides is 1. The van der Waals surface area contributed by atoms with Gasteiger partial charge in [-0.2, -0.15) is 0 Å². The Morgan fingerprint density at radius 1 is 1.22 bits per heavy atom. The minimum absolute atomic E-state index is 0.0466. The lowest BCUT2D eigenvalue weighted by Gasteiger charge is -2.13. The molecule has 0 fully saturated rings. The summed E-state index contributed by atoms with van der Waals surface area (Å²) in [6, 6.07) is 6.81. The molecule has 102 valence electrons. The third kappa shape index (κ3) is 4.95. The minimum Gasteiger partial charge on any atom is -0.282 e. The number of nitrogens with one attached hydrogen (secondary N) is 1. The van der Waals surface area contributed by atoms with Gasteiger partial charge < -0.3 is 0 Å². The number of hydrogen-bond acceptors (Lipinski definition) is 4. The number of halogens is 1. The van der Waals surface area contributed by atoms with E-state index in [0.29, 0.717) is 5.69 Å². The second-order valence-electron chi connectivity index (χ2n) is 3.96. The molecule has 0 saturated heterocycles. The van der Waals surface area contributed by atoms with Crippen molar-refractivity contribution in [1.29, 1.82) is 0 Å². The quantitative estimate of drug-likeness (QED) is 0.817.